The van der Waals surface area contributed by atoms with Gasteiger partial charge in [-0.15, -0.1) is 0 Å². The number of nitrogens with zero attached hydrogens (tertiary/aromatic N) is 2. The van der Waals surface area contributed by atoms with Crippen molar-refractivity contribution >= 4 is 5.96 Å². The van der Waals surface area contributed by atoms with Crippen LogP contribution >= 0.6 is 0 Å². The van der Waals surface area contributed by atoms with E-state index in [1.54, 1.807) is 5.48 Å². The normalized spacial score (nSPS) is 12.6. The predicted octanol–water partition coefficient (Wildman–Crippen LogP) is 0.0102. The van der Waals surface area contributed by atoms with Crippen molar-refractivity contribution in [2.75, 3.05) is 20.1 Å². The van der Waals surface area contributed by atoms with Crippen LogP contribution < -0.4 is 11.2 Å². The van der Waals surface area contributed by atoms with Crippen molar-refractivity contribution < 1.29 is 5.21 Å². The molecule has 5 heteroatoms. The SMILES string of the molecule is CC(C)N(C)CCCN=C(N)NO. The molecule has 0 bridgehead atoms. The molecule has 0 saturated carbocycles. The van der Waals surface area contributed by atoms with E-state index in [9.17, 15) is 0 Å². The molecular formula is C8H20N4O. The van der Waals surface area contributed by atoms with E-state index in [4.69, 9.17) is 10.9 Å². The summed E-state index contributed by atoms with van der Waals surface area (Å²) in [6.07, 6.45) is 0.942. The minimum Gasteiger partial charge on any atom is -0.368 e. The molecule has 0 saturated heterocycles. The molecule has 0 aliphatic carbocycles. The van der Waals surface area contributed by atoms with Crippen LogP contribution in [0.1, 0.15) is 20.3 Å². The van der Waals surface area contributed by atoms with Gasteiger partial charge in [-0.2, -0.15) is 0 Å². The first kappa shape index (κ1) is 12.2. The smallest absolute Gasteiger partial charge is 0.212 e. The lowest BCUT2D eigenvalue weighted by Crippen LogP contribution is -2.30. The van der Waals surface area contributed by atoms with Crippen LogP contribution in [0.25, 0.3) is 0 Å². The minimum atomic E-state index is 0.0761. The highest BCUT2D eigenvalue weighted by molar-refractivity contribution is 5.76. The molecule has 0 unspecified atom stereocenters. The van der Waals surface area contributed by atoms with Crippen LogP contribution in [-0.4, -0.2) is 42.2 Å². The molecule has 0 spiro atoms. The Bertz CT molecular complexity index is 158. The Hall–Kier alpha value is -0.810. The molecule has 0 radical (unpaired) electrons. The largest absolute Gasteiger partial charge is 0.368 e. The third kappa shape index (κ3) is 6.36. The van der Waals surface area contributed by atoms with Gasteiger partial charge in [-0.3, -0.25) is 10.2 Å². The van der Waals surface area contributed by atoms with E-state index in [0.29, 0.717) is 12.6 Å². The zero-order valence-electron chi connectivity index (χ0n) is 8.62. The second-order valence-electron chi connectivity index (χ2n) is 3.31. The topological polar surface area (TPSA) is 73.9 Å². The number of rotatable bonds is 5. The van der Waals surface area contributed by atoms with Crippen LogP contribution in [0.2, 0.25) is 0 Å². The third-order valence-electron chi connectivity index (χ3n) is 1.95. The molecule has 0 rings (SSSR count). The summed E-state index contributed by atoms with van der Waals surface area (Å²) in [5, 5.41) is 8.32. The van der Waals surface area contributed by atoms with Gasteiger partial charge in [-0.25, -0.2) is 5.48 Å². The summed E-state index contributed by atoms with van der Waals surface area (Å²) in [6.45, 7) is 5.91. The molecule has 0 atom stereocenters. The highest BCUT2D eigenvalue weighted by Crippen LogP contribution is 1.94. The molecule has 4 N–H and O–H groups in total. The summed E-state index contributed by atoms with van der Waals surface area (Å²) >= 11 is 0. The average Bonchev–Trinajstić information content (AvgIpc) is 2.11. The maximum Gasteiger partial charge on any atom is 0.212 e. The maximum absolute atomic E-state index is 8.32. The average molecular weight is 188 g/mol. The van der Waals surface area contributed by atoms with E-state index in [-0.39, 0.29) is 5.96 Å². The van der Waals surface area contributed by atoms with Crippen LogP contribution in [0.4, 0.5) is 0 Å². The van der Waals surface area contributed by atoms with Crippen LogP contribution in [-0.2, 0) is 0 Å². The Morgan fingerprint density at radius 1 is 1.62 bits per heavy atom. The molecule has 78 valence electrons. The monoisotopic (exact) mass is 188 g/mol. The molecule has 5 nitrogen and oxygen atoms in total. The standard InChI is InChI=1S/C8H20N4O/c1-7(2)12(3)6-4-5-10-8(9)11-13/h7,13H,4-6H2,1-3H3,(H3,9,10,11). The first-order valence-electron chi connectivity index (χ1n) is 4.48. The molecule has 0 aromatic carbocycles. The summed E-state index contributed by atoms with van der Waals surface area (Å²) in [6, 6.07) is 0.553. The Labute approximate surface area is 79.6 Å². The fraction of sp³-hybridized carbons (Fsp3) is 0.875. The zero-order valence-corrected chi connectivity index (χ0v) is 8.62. The van der Waals surface area contributed by atoms with Crippen molar-refractivity contribution in [2.45, 2.75) is 26.3 Å². The van der Waals surface area contributed by atoms with Crippen molar-refractivity contribution in [3.05, 3.63) is 0 Å². The fourth-order valence-corrected chi connectivity index (χ4v) is 0.813. The summed E-state index contributed by atoms with van der Waals surface area (Å²) in [5.74, 6) is 0.0761. The Morgan fingerprint density at radius 3 is 2.69 bits per heavy atom. The number of nitrogens with two attached hydrogens (primary N) is 1. The van der Waals surface area contributed by atoms with Crippen LogP contribution in [0.15, 0.2) is 4.99 Å². The first-order valence-corrected chi connectivity index (χ1v) is 4.48. The minimum absolute atomic E-state index is 0.0761. The fourth-order valence-electron chi connectivity index (χ4n) is 0.813. The van der Waals surface area contributed by atoms with Gasteiger partial charge in [0.25, 0.3) is 0 Å². The summed E-state index contributed by atoms with van der Waals surface area (Å²) in [4.78, 5) is 6.11. The Kier molecular flexibility index (Phi) is 6.26. The van der Waals surface area contributed by atoms with E-state index >= 15 is 0 Å². The molecule has 0 amide bonds. The van der Waals surface area contributed by atoms with E-state index < -0.39 is 0 Å². The van der Waals surface area contributed by atoms with Gasteiger partial charge < -0.3 is 10.6 Å². The third-order valence-corrected chi connectivity index (χ3v) is 1.95. The maximum atomic E-state index is 8.32. The number of guanidine groups is 1. The van der Waals surface area contributed by atoms with Crippen molar-refractivity contribution in [1.82, 2.24) is 10.4 Å². The van der Waals surface area contributed by atoms with Crippen LogP contribution in [0, 0.1) is 0 Å². The zero-order chi connectivity index (χ0) is 10.3. The number of hydrogen-bond acceptors (Lipinski definition) is 3. The van der Waals surface area contributed by atoms with E-state index in [1.807, 2.05) is 0 Å². The van der Waals surface area contributed by atoms with E-state index in [1.165, 1.54) is 0 Å². The molecule has 0 fully saturated rings. The molecule has 0 aliphatic rings. The van der Waals surface area contributed by atoms with Gasteiger partial charge >= 0.3 is 0 Å². The number of hydrogen-bond donors (Lipinski definition) is 3. The van der Waals surface area contributed by atoms with Crippen LogP contribution in [0.3, 0.4) is 0 Å². The lowest BCUT2D eigenvalue weighted by atomic mass is 10.3. The van der Waals surface area contributed by atoms with Gasteiger partial charge in [0.05, 0.1) is 0 Å². The first-order chi connectivity index (χ1) is 6.07. The van der Waals surface area contributed by atoms with Gasteiger partial charge in [-0.1, -0.05) is 0 Å². The molecule has 0 aromatic heterocycles. The number of aliphatic imine (C=N–C) groups is 1. The quantitative estimate of drug-likeness (QED) is 0.246. The van der Waals surface area contributed by atoms with Crippen molar-refractivity contribution in [1.29, 1.82) is 0 Å². The lowest BCUT2D eigenvalue weighted by molar-refractivity contribution is 0.232. The van der Waals surface area contributed by atoms with Crippen molar-refractivity contribution in [2.24, 2.45) is 10.7 Å². The molecule has 0 aromatic rings. The summed E-state index contributed by atoms with van der Waals surface area (Å²) in [5.41, 5.74) is 7.01. The Morgan fingerprint density at radius 2 is 2.23 bits per heavy atom. The number of nitrogens with one attached hydrogen (secondary N) is 1. The Balaban J connectivity index is 3.46. The summed E-state index contributed by atoms with van der Waals surface area (Å²) in [7, 11) is 2.07. The molecule has 0 heterocycles. The second kappa shape index (κ2) is 6.68. The molecular weight excluding hydrogens is 168 g/mol. The highest BCUT2D eigenvalue weighted by Gasteiger charge is 2.00. The van der Waals surface area contributed by atoms with Gasteiger partial charge in [-0.05, 0) is 33.9 Å². The summed E-state index contributed by atoms with van der Waals surface area (Å²) < 4.78 is 0. The molecule has 0 aliphatic heterocycles. The molecule has 13 heavy (non-hydrogen) atoms. The lowest BCUT2D eigenvalue weighted by Gasteiger charge is -2.20. The van der Waals surface area contributed by atoms with Crippen LogP contribution in [0.5, 0.6) is 0 Å². The second-order valence-corrected chi connectivity index (χ2v) is 3.31. The van der Waals surface area contributed by atoms with Gasteiger partial charge in [0.1, 0.15) is 0 Å². The van der Waals surface area contributed by atoms with E-state index in [0.717, 1.165) is 13.0 Å². The van der Waals surface area contributed by atoms with Crippen molar-refractivity contribution in [3.8, 4) is 0 Å². The highest BCUT2D eigenvalue weighted by atomic mass is 16.5. The number of hydroxylamine groups is 1. The van der Waals surface area contributed by atoms with Gasteiger partial charge in [0.15, 0.2) is 0 Å². The predicted molar refractivity (Wildman–Crippen MR) is 53.8 cm³/mol. The van der Waals surface area contributed by atoms with Gasteiger partial charge in [0, 0.05) is 12.6 Å². The van der Waals surface area contributed by atoms with Gasteiger partial charge in [0.2, 0.25) is 5.96 Å². The van der Waals surface area contributed by atoms with E-state index in [2.05, 4.69) is 30.8 Å². The van der Waals surface area contributed by atoms with Crippen molar-refractivity contribution in [3.63, 3.8) is 0 Å².